The molecule has 0 bridgehead atoms. The first-order chi connectivity index (χ1) is 8.19. The first kappa shape index (κ1) is 11.6. The summed E-state index contributed by atoms with van der Waals surface area (Å²) < 4.78 is 0. The van der Waals surface area contributed by atoms with E-state index in [1.54, 1.807) is 31.2 Å². The van der Waals surface area contributed by atoms with Crippen LogP contribution in [0.25, 0.3) is 0 Å². The fourth-order valence-electron chi connectivity index (χ4n) is 1.48. The van der Waals surface area contributed by atoms with Crippen LogP contribution in [0, 0.1) is 0 Å². The number of carbonyl (C=O) groups is 2. The lowest BCUT2D eigenvalue weighted by Gasteiger charge is -2.07. The zero-order chi connectivity index (χ0) is 12.3. The normalized spacial score (nSPS) is 14.2. The summed E-state index contributed by atoms with van der Waals surface area (Å²) in [6.45, 7) is 1.79. The number of amides is 2. The molecule has 1 aromatic carbocycles. The van der Waals surface area contributed by atoms with Crippen molar-refractivity contribution >= 4 is 17.5 Å². The van der Waals surface area contributed by atoms with Crippen molar-refractivity contribution < 1.29 is 9.59 Å². The highest BCUT2D eigenvalue weighted by molar-refractivity contribution is 5.97. The standard InChI is InChI=1S/C13H16N2O2/c1-2-12(16)14-11-5-3-4-9(8-11)13(17)15-10-6-7-10/h3-5,8,10H,2,6-7H2,1H3,(H,14,16)(H,15,17). The van der Waals surface area contributed by atoms with Gasteiger partial charge in [-0.05, 0) is 31.0 Å². The molecule has 90 valence electrons. The van der Waals surface area contributed by atoms with E-state index in [0.717, 1.165) is 12.8 Å². The van der Waals surface area contributed by atoms with Crippen molar-refractivity contribution in [2.24, 2.45) is 0 Å². The van der Waals surface area contributed by atoms with Crippen molar-refractivity contribution in [3.8, 4) is 0 Å². The monoisotopic (exact) mass is 232 g/mol. The Labute approximate surface area is 100 Å². The second-order valence-electron chi connectivity index (χ2n) is 4.23. The predicted molar refractivity (Wildman–Crippen MR) is 65.9 cm³/mol. The molecule has 0 radical (unpaired) electrons. The second kappa shape index (κ2) is 4.99. The summed E-state index contributed by atoms with van der Waals surface area (Å²) >= 11 is 0. The van der Waals surface area contributed by atoms with Gasteiger partial charge in [-0.1, -0.05) is 13.0 Å². The van der Waals surface area contributed by atoms with Crippen LogP contribution in [0.1, 0.15) is 36.5 Å². The number of anilines is 1. The third-order valence-corrected chi connectivity index (χ3v) is 2.64. The van der Waals surface area contributed by atoms with E-state index in [4.69, 9.17) is 0 Å². The van der Waals surface area contributed by atoms with Crippen LogP contribution in [0.4, 0.5) is 5.69 Å². The Kier molecular flexibility index (Phi) is 3.42. The van der Waals surface area contributed by atoms with Crippen LogP contribution in [-0.4, -0.2) is 17.9 Å². The molecule has 2 amide bonds. The summed E-state index contributed by atoms with van der Waals surface area (Å²) in [6.07, 6.45) is 2.56. The van der Waals surface area contributed by atoms with Crippen molar-refractivity contribution in [2.75, 3.05) is 5.32 Å². The van der Waals surface area contributed by atoms with E-state index in [9.17, 15) is 9.59 Å². The summed E-state index contributed by atoms with van der Waals surface area (Å²) in [5.41, 5.74) is 1.26. The van der Waals surface area contributed by atoms with Gasteiger partial charge in [0.15, 0.2) is 0 Å². The quantitative estimate of drug-likeness (QED) is 0.833. The Hall–Kier alpha value is -1.84. The van der Waals surface area contributed by atoms with E-state index in [1.807, 2.05) is 0 Å². The molecule has 1 fully saturated rings. The van der Waals surface area contributed by atoms with Crippen LogP contribution in [0.2, 0.25) is 0 Å². The predicted octanol–water partition coefficient (Wildman–Crippen LogP) is 1.93. The fourth-order valence-corrected chi connectivity index (χ4v) is 1.48. The van der Waals surface area contributed by atoms with Crippen molar-refractivity contribution in [1.82, 2.24) is 5.32 Å². The number of hydrogen-bond acceptors (Lipinski definition) is 2. The van der Waals surface area contributed by atoms with Gasteiger partial charge in [0.2, 0.25) is 5.91 Å². The van der Waals surface area contributed by atoms with Crippen molar-refractivity contribution in [2.45, 2.75) is 32.2 Å². The average Bonchev–Trinajstić information content (AvgIpc) is 3.13. The highest BCUT2D eigenvalue weighted by Gasteiger charge is 2.23. The molecule has 0 unspecified atom stereocenters. The van der Waals surface area contributed by atoms with Crippen LogP contribution in [-0.2, 0) is 4.79 Å². The highest BCUT2D eigenvalue weighted by atomic mass is 16.2. The molecule has 1 saturated carbocycles. The summed E-state index contributed by atoms with van der Waals surface area (Å²) in [5, 5.41) is 5.65. The van der Waals surface area contributed by atoms with Crippen molar-refractivity contribution in [3.63, 3.8) is 0 Å². The first-order valence-electron chi connectivity index (χ1n) is 5.90. The summed E-state index contributed by atoms with van der Waals surface area (Å²) in [4.78, 5) is 23.0. The third kappa shape index (κ3) is 3.31. The molecule has 4 nitrogen and oxygen atoms in total. The maximum absolute atomic E-state index is 11.8. The van der Waals surface area contributed by atoms with Crippen LogP contribution >= 0.6 is 0 Å². The summed E-state index contributed by atoms with van der Waals surface area (Å²) in [5.74, 6) is -0.121. The lowest BCUT2D eigenvalue weighted by atomic mass is 10.2. The molecule has 4 heteroatoms. The Morgan fingerprint density at radius 1 is 1.35 bits per heavy atom. The largest absolute Gasteiger partial charge is 0.349 e. The molecule has 17 heavy (non-hydrogen) atoms. The van der Waals surface area contributed by atoms with Crippen LogP contribution in [0.3, 0.4) is 0 Å². The van der Waals surface area contributed by atoms with Gasteiger partial charge in [0.25, 0.3) is 5.91 Å². The SMILES string of the molecule is CCC(=O)Nc1cccc(C(=O)NC2CC2)c1. The topological polar surface area (TPSA) is 58.2 Å². The zero-order valence-corrected chi connectivity index (χ0v) is 9.82. The number of hydrogen-bond donors (Lipinski definition) is 2. The minimum absolute atomic E-state index is 0.0512. The Morgan fingerprint density at radius 2 is 2.12 bits per heavy atom. The molecule has 2 rings (SSSR count). The Bertz CT molecular complexity index is 439. The van der Waals surface area contributed by atoms with Gasteiger partial charge in [0, 0.05) is 23.7 Å². The number of benzene rings is 1. The number of rotatable bonds is 4. The minimum Gasteiger partial charge on any atom is -0.349 e. The number of nitrogens with one attached hydrogen (secondary N) is 2. The van der Waals surface area contributed by atoms with Gasteiger partial charge in [-0.25, -0.2) is 0 Å². The zero-order valence-electron chi connectivity index (χ0n) is 9.82. The van der Waals surface area contributed by atoms with E-state index < -0.39 is 0 Å². The lowest BCUT2D eigenvalue weighted by molar-refractivity contribution is -0.115. The van der Waals surface area contributed by atoms with Gasteiger partial charge < -0.3 is 10.6 Å². The molecule has 0 aliphatic heterocycles. The summed E-state index contributed by atoms with van der Waals surface area (Å²) in [7, 11) is 0. The van der Waals surface area contributed by atoms with Crippen LogP contribution in [0.5, 0.6) is 0 Å². The van der Waals surface area contributed by atoms with E-state index in [-0.39, 0.29) is 11.8 Å². The van der Waals surface area contributed by atoms with Crippen LogP contribution < -0.4 is 10.6 Å². The molecule has 0 saturated heterocycles. The Balaban J connectivity index is 2.04. The second-order valence-corrected chi connectivity index (χ2v) is 4.23. The van der Waals surface area contributed by atoms with Gasteiger partial charge in [-0.2, -0.15) is 0 Å². The van der Waals surface area contributed by atoms with E-state index >= 15 is 0 Å². The van der Waals surface area contributed by atoms with Gasteiger partial charge >= 0.3 is 0 Å². The maximum atomic E-state index is 11.8. The molecule has 1 aliphatic rings. The van der Waals surface area contributed by atoms with Gasteiger partial charge in [0.1, 0.15) is 0 Å². The van der Waals surface area contributed by atoms with E-state index in [2.05, 4.69) is 10.6 Å². The highest BCUT2D eigenvalue weighted by Crippen LogP contribution is 2.20. The van der Waals surface area contributed by atoms with Gasteiger partial charge in [-0.15, -0.1) is 0 Å². The van der Waals surface area contributed by atoms with Gasteiger partial charge in [0.05, 0.1) is 0 Å². The molecule has 0 atom stereocenters. The van der Waals surface area contributed by atoms with Crippen molar-refractivity contribution in [1.29, 1.82) is 0 Å². The smallest absolute Gasteiger partial charge is 0.251 e. The fraction of sp³-hybridized carbons (Fsp3) is 0.385. The molecule has 1 aliphatic carbocycles. The molecule has 0 spiro atoms. The molecule has 2 N–H and O–H groups in total. The molecular formula is C13H16N2O2. The Morgan fingerprint density at radius 3 is 2.76 bits per heavy atom. The van der Waals surface area contributed by atoms with Crippen LogP contribution in [0.15, 0.2) is 24.3 Å². The number of carbonyl (C=O) groups excluding carboxylic acids is 2. The average molecular weight is 232 g/mol. The van der Waals surface area contributed by atoms with Gasteiger partial charge in [-0.3, -0.25) is 9.59 Å². The molecule has 0 aromatic heterocycles. The maximum Gasteiger partial charge on any atom is 0.251 e. The third-order valence-electron chi connectivity index (χ3n) is 2.64. The van der Waals surface area contributed by atoms with E-state index in [1.165, 1.54) is 0 Å². The molecule has 1 aromatic rings. The molecular weight excluding hydrogens is 216 g/mol. The molecule has 0 heterocycles. The lowest BCUT2D eigenvalue weighted by Crippen LogP contribution is -2.25. The van der Waals surface area contributed by atoms with E-state index in [0.29, 0.717) is 23.7 Å². The minimum atomic E-state index is -0.0694. The first-order valence-corrected chi connectivity index (χ1v) is 5.90. The van der Waals surface area contributed by atoms with Crippen molar-refractivity contribution in [3.05, 3.63) is 29.8 Å². The summed E-state index contributed by atoms with van der Waals surface area (Å²) in [6, 6.07) is 7.34.